The molecule has 0 aromatic heterocycles. The lowest BCUT2D eigenvalue weighted by atomic mass is 10.00. The third-order valence-corrected chi connectivity index (χ3v) is 5.53. The van der Waals surface area contributed by atoms with Crippen molar-refractivity contribution >= 4 is 21.6 Å². The Morgan fingerprint density at radius 1 is 1.39 bits per heavy atom. The summed E-state index contributed by atoms with van der Waals surface area (Å²) < 4.78 is 25.8. The number of sulfonamides is 1. The van der Waals surface area contributed by atoms with Crippen LogP contribution >= 0.6 is 0 Å². The van der Waals surface area contributed by atoms with Crippen LogP contribution < -0.4 is 4.31 Å². The summed E-state index contributed by atoms with van der Waals surface area (Å²) in [6.07, 6.45) is 3.24. The molecule has 0 aliphatic carbocycles. The first-order chi connectivity index (χ1) is 10.7. The maximum atomic E-state index is 12.8. The largest absolute Gasteiger partial charge is 0.341 e. The van der Waals surface area contributed by atoms with Crippen LogP contribution in [0.25, 0.3) is 0 Å². The molecule has 1 aromatic rings. The first-order valence-electron chi connectivity index (χ1n) is 8.05. The highest BCUT2D eigenvalue weighted by atomic mass is 32.2. The molecular formula is C17H26N2O3S. The van der Waals surface area contributed by atoms with Crippen molar-refractivity contribution < 1.29 is 13.2 Å². The van der Waals surface area contributed by atoms with Crippen LogP contribution in [0, 0.1) is 12.8 Å². The Morgan fingerprint density at radius 3 is 2.65 bits per heavy atom. The van der Waals surface area contributed by atoms with Gasteiger partial charge < -0.3 is 4.90 Å². The van der Waals surface area contributed by atoms with Gasteiger partial charge in [0.05, 0.1) is 11.9 Å². The molecule has 0 saturated carbocycles. The molecule has 0 spiro atoms. The van der Waals surface area contributed by atoms with Gasteiger partial charge in [-0.2, -0.15) is 0 Å². The summed E-state index contributed by atoms with van der Waals surface area (Å²) in [7, 11) is -3.55. The van der Waals surface area contributed by atoms with E-state index >= 15 is 0 Å². The molecule has 2 atom stereocenters. The molecule has 0 N–H and O–H groups in total. The molecule has 1 aliphatic rings. The second kappa shape index (κ2) is 6.91. The summed E-state index contributed by atoms with van der Waals surface area (Å²) in [6, 6.07) is 6.50. The SMILES string of the molecule is Cc1cccc(N([C@H](C)C(=O)N2CCC[C@H](C)C2)S(C)(=O)=O)c1. The fourth-order valence-corrected chi connectivity index (χ4v) is 4.38. The minimum Gasteiger partial charge on any atom is -0.341 e. The van der Waals surface area contributed by atoms with Gasteiger partial charge in [-0.15, -0.1) is 0 Å². The fourth-order valence-electron chi connectivity index (χ4n) is 3.22. The van der Waals surface area contributed by atoms with Gasteiger partial charge in [-0.05, 0) is 50.3 Å². The van der Waals surface area contributed by atoms with Crippen LogP contribution in [0.5, 0.6) is 0 Å². The third-order valence-electron chi connectivity index (χ3n) is 4.29. The summed E-state index contributed by atoms with van der Waals surface area (Å²) in [5, 5.41) is 0. The predicted molar refractivity (Wildman–Crippen MR) is 92.9 cm³/mol. The summed E-state index contributed by atoms with van der Waals surface area (Å²) in [5.74, 6) is 0.342. The maximum absolute atomic E-state index is 12.8. The number of piperidine rings is 1. The number of hydrogen-bond acceptors (Lipinski definition) is 3. The van der Waals surface area contributed by atoms with Gasteiger partial charge in [0, 0.05) is 13.1 Å². The van der Waals surface area contributed by atoms with Gasteiger partial charge in [0.2, 0.25) is 15.9 Å². The Balaban J connectivity index is 2.30. The average molecular weight is 338 g/mol. The number of nitrogens with zero attached hydrogens (tertiary/aromatic N) is 2. The zero-order valence-corrected chi connectivity index (χ0v) is 15.1. The molecule has 1 aliphatic heterocycles. The minimum absolute atomic E-state index is 0.122. The summed E-state index contributed by atoms with van der Waals surface area (Å²) in [4.78, 5) is 14.6. The molecule has 1 aromatic carbocycles. The number of likely N-dealkylation sites (tertiary alicyclic amines) is 1. The first kappa shape index (κ1) is 17.8. The molecule has 1 heterocycles. The van der Waals surface area contributed by atoms with E-state index in [4.69, 9.17) is 0 Å². The van der Waals surface area contributed by atoms with Gasteiger partial charge in [-0.3, -0.25) is 9.10 Å². The van der Waals surface area contributed by atoms with Crippen molar-refractivity contribution in [1.29, 1.82) is 0 Å². The lowest BCUT2D eigenvalue weighted by Gasteiger charge is -2.36. The third kappa shape index (κ3) is 4.25. The molecule has 1 fully saturated rings. The zero-order valence-electron chi connectivity index (χ0n) is 14.3. The highest BCUT2D eigenvalue weighted by molar-refractivity contribution is 7.92. The second-order valence-corrected chi connectivity index (χ2v) is 8.46. The van der Waals surface area contributed by atoms with E-state index in [-0.39, 0.29) is 5.91 Å². The lowest BCUT2D eigenvalue weighted by Crippen LogP contribution is -2.51. The monoisotopic (exact) mass is 338 g/mol. The maximum Gasteiger partial charge on any atom is 0.246 e. The topological polar surface area (TPSA) is 57.7 Å². The van der Waals surface area contributed by atoms with Gasteiger partial charge in [0.1, 0.15) is 6.04 Å². The molecule has 1 amide bonds. The Hall–Kier alpha value is -1.56. The molecule has 0 radical (unpaired) electrons. The molecule has 0 unspecified atom stereocenters. The van der Waals surface area contributed by atoms with Gasteiger partial charge >= 0.3 is 0 Å². The first-order valence-corrected chi connectivity index (χ1v) is 9.90. The van der Waals surface area contributed by atoms with Crippen LogP contribution in [0.3, 0.4) is 0 Å². The summed E-state index contributed by atoms with van der Waals surface area (Å²) >= 11 is 0. The molecule has 128 valence electrons. The molecule has 23 heavy (non-hydrogen) atoms. The van der Waals surface area contributed by atoms with E-state index in [0.29, 0.717) is 24.7 Å². The van der Waals surface area contributed by atoms with Gasteiger partial charge in [0.25, 0.3) is 0 Å². The summed E-state index contributed by atoms with van der Waals surface area (Å²) in [5.41, 5.74) is 1.50. The van der Waals surface area contributed by atoms with Crippen molar-refractivity contribution in [1.82, 2.24) is 4.90 Å². The molecule has 2 rings (SSSR count). The molecular weight excluding hydrogens is 312 g/mol. The normalized spacial score (nSPS) is 20.2. The number of hydrogen-bond donors (Lipinski definition) is 0. The Morgan fingerprint density at radius 2 is 2.09 bits per heavy atom. The van der Waals surface area contributed by atoms with Gasteiger partial charge in [0.15, 0.2) is 0 Å². The number of anilines is 1. The minimum atomic E-state index is -3.55. The highest BCUT2D eigenvalue weighted by Crippen LogP contribution is 2.24. The number of rotatable bonds is 4. The van der Waals surface area contributed by atoms with E-state index in [0.717, 1.165) is 24.7 Å². The van der Waals surface area contributed by atoms with Crippen molar-refractivity contribution in [3.05, 3.63) is 29.8 Å². The Labute approximate surface area is 139 Å². The predicted octanol–water partition coefficient (Wildman–Crippen LogP) is 2.41. The lowest BCUT2D eigenvalue weighted by molar-refractivity contribution is -0.133. The van der Waals surface area contributed by atoms with Crippen molar-refractivity contribution in [2.75, 3.05) is 23.7 Å². The van der Waals surface area contributed by atoms with Crippen LogP contribution in [-0.4, -0.2) is 44.6 Å². The number of carbonyl (C=O) groups is 1. The number of benzene rings is 1. The number of aryl methyl sites for hydroxylation is 1. The second-order valence-electron chi connectivity index (χ2n) is 6.61. The zero-order chi connectivity index (χ0) is 17.2. The molecule has 5 nitrogen and oxygen atoms in total. The van der Waals surface area contributed by atoms with E-state index in [2.05, 4.69) is 6.92 Å². The smallest absolute Gasteiger partial charge is 0.246 e. The Bertz CT molecular complexity index is 672. The summed E-state index contributed by atoms with van der Waals surface area (Å²) in [6.45, 7) is 7.11. The van der Waals surface area contributed by atoms with Crippen LogP contribution in [0.2, 0.25) is 0 Å². The Kier molecular flexibility index (Phi) is 5.34. The van der Waals surface area contributed by atoms with E-state index in [1.54, 1.807) is 24.0 Å². The van der Waals surface area contributed by atoms with Crippen LogP contribution in [0.4, 0.5) is 5.69 Å². The van der Waals surface area contributed by atoms with E-state index in [1.807, 2.05) is 19.1 Å². The average Bonchev–Trinajstić information content (AvgIpc) is 2.45. The van der Waals surface area contributed by atoms with Crippen LogP contribution in [-0.2, 0) is 14.8 Å². The molecule has 0 bridgehead atoms. The van der Waals surface area contributed by atoms with E-state index < -0.39 is 16.1 Å². The number of carbonyl (C=O) groups excluding carboxylic acids is 1. The van der Waals surface area contributed by atoms with Crippen LogP contribution in [0.15, 0.2) is 24.3 Å². The van der Waals surface area contributed by atoms with Gasteiger partial charge in [-0.1, -0.05) is 19.1 Å². The van der Waals surface area contributed by atoms with Crippen molar-refractivity contribution in [2.45, 2.75) is 39.7 Å². The number of amides is 1. The molecule has 1 saturated heterocycles. The molecule has 6 heteroatoms. The fraction of sp³-hybridized carbons (Fsp3) is 0.588. The van der Waals surface area contributed by atoms with E-state index in [1.165, 1.54) is 4.31 Å². The van der Waals surface area contributed by atoms with Crippen molar-refractivity contribution in [2.24, 2.45) is 5.92 Å². The van der Waals surface area contributed by atoms with Crippen LogP contribution in [0.1, 0.15) is 32.3 Å². The van der Waals surface area contributed by atoms with E-state index in [9.17, 15) is 13.2 Å². The highest BCUT2D eigenvalue weighted by Gasteiger charge is 2.33. The van der Waals surface area contributed by atoms with Crippen molar-refractivity contribution in [3.8, 4) is 0 Å². The quantitative estimate of drug-likeness (QED) is 0.847. The van der Waals surface area contributed by atoms with Crippen molar-refractivity contribution in [3.63, 3.8) is 0 Å². The standard InChI is InChI=1S/C17H26N2O3S/c1-13-7-5-9-16(11-13)19(23(4,21)22)15(3)17(20)18-10-6-8-14(2)12-18/h5,7,9,11,14-15H,6,8,10,12H2,1-4H3/t14-,15+/m0/s1. The van der Waals surface area contributed by atoms with Gasteiger partial charge in [-0.25, -0.2) is 8.42 Å².